The lowest BCUT2D eigenvalue weighted by atomic mass is 9.67. The Morgan fingerprint density at radius 3 is 2.49 bits per heavy atom. The van der Waals surface area contributed by atoms with Crippen LogP contribution in [0, 0.1) is 30.0 Å². The van der Waals surface area contributed by atoms with Gasteiger partial charge in [0, 0.05) is 18.9 Å². The number of anilines is 1. The predicted molar refractivity (Wildman–Crippen MR) is 133 cm³/mol. The Balaban J connectivity index is 1.81. The first kappa shape index (κ1) is 29.1. The second kappa shape index (κ2) is 11.5. The minimum Gasteiger partial charge on any atom is -0.396 e. The molecule has 0 aliphatic heterocycles. The van der Waals surface area contributed by atoms with E-state index in [0.717, 1.165) is 11.1 Å². The zero-order valence-corrected chi connectivity index (χ0v) is 22.2. The van der Waals surface area contributed by atoms with Gasteiger partial charge in [0.2, 0.25) is 5.91 Å². The zero-order chi connectivity index (χ0) is 27.5. The number of rotatable bonds is 11. The summed E-state index contributed by atoms with van der Waals surface area (Å²) in [6.07, 6.45) is -2.64. The molecule has 0 radical (unpaired) electrons. The Kier molecular flexibility index (Phi) is 9.03. The van der Waals surface area contributed by atoms with E-state index in [9.17, 15) is 27.5 Å². The second-order valence-corrected chi connectivity index (χ2v) is 11.4. The van der Waals surface area contributed by atoms with Crippen LogP contribution in [0.1, 0.15) is 95.1 Å². The van der Waals surface area contributed by atoms with E-state index in [2.05, 4.69) is 43.3 Å². The van der Waals surface area contributed by atoms with Gasteiger partial charge in [-0.25, -0.2) is 9.07 Å². The van der Waals surface area contributed by atoms with Crippen LogP contribution < -0.4 is 5.32 Å². The number of aliphatic hydroxyl groups excluding tert-OH is 1. The van der Waals surface area contributed by atoms with Crippen molar-refractivity contribution >= 4 is 11.6 Å². The summed E-state index contributed by atoms with van der Waals surface area (Å²) in [5, 5.41) is 19.6. The summed E-state index contributed by atoms with van der Waals surface area (Å²) in [7, 11) is 0. The Morgan fingerprint density at radius 2 is 1.92 bits per heavy atom. The molecule has 37 heavy (non-hydrogen) atoms. The molecule has 2 aromatic rings. The number of benzene rings is 1. The summed E-state index contributed by atoms with van der Waals surface area (Å²) < 4.78 is 58.1. The highest BCUT2D eigenvalue weighted by molar-refractivity contribution is 5.91. The van der Waals surface area contributed by atoms with Crippen LogP contribution in [-0.2, 0) is 11.0 Å². The first-order valence-electron chi connectivity index (χ1n) is 12.9. The van der Waals surface area contributed by atoms with E-state index in [-0.39, 0.29) is 42.7 Å². The Hall–Kier alpha value is -2.49. The number of aliphatic hydroxyl groups is 1. The first-order chi connectivity index (χ1) is 17.2. The molecule has 1 amide bonds. The lowest BCUT2D eigenvalue weighted by molar-refractivity contribution is -0.147. The number of carbonyl (C=O) groups excluding carboxylic acids is 1. The molecule has 206 valence electrons. The van der Waals surface area contributed by atoms with Crippen LogP contribution >= 0.6 is 0 Å². The Morgan fingerprint density at radius 1 is 1.24 bits per heavy atom. The van der Waals surface area contributed by atoms with Gasteiger partial charge in [-0.1, -0.05) is 39.0 Å². The standard InChI is InChI=1S/C27H38F4N4O2/c1-16(2)26(4,5)15-18-12-20(13-18)35-25(27(29,30)31)24(33-34-35)19(7-6-10-36)14-23(37)32-22-9-8-17(3)11-21(22)28/h8-9,11,16,18-20,36H,6-7,10,12-15H2,1-5H3,(H,32,37)/t18-,19-,20+/m0/s1. The third-order valence-corrected chi connectivity index (χ3v) is 7.85. The number of nitrogens with one attached hydrogen (secondary N) is 1. The number of nitrogens with zero attached hydrogens (tertiary/aromatic N) is 3. The molecule has 1 aromatic carbocycles. The van der Waals surface area contributed by atoms with Crippen LogP contribution in [0.3, 0.4) is 0 Å². The maximum atomic E-state index is 14.3. The average molecular weight is 527 g/mol. The summed E-state index contributed by atoms with van der Waals surface area (Å²) in [4.78, 5) is 12.7. The zero-order valence-electron chi connectivity index (χ0n) is 22.2. The summed E-state index contributed by atoms with van der Waals surface area (Å²) in [5.74, 6) is -1.41. The molecule has 0 spiro atoms. The molecule has 1 saturated carbocycles. The van der Waals surface area contributed by atoms with Crippen LogP contribution in [0.2, 0.25) is 0 Å². The molecule has 6 nitrogen and oxygen atoms in total. The van der Waals surface area contributed by atoms with E-state index < -0.39 is 35.6 Å². The summed E-state index contributed by atoms with van der Waals surface area (Å²) in [6, 6.07) is 3.90. The lowest BCUT2D eigenvalue weighted by Crippen LogP contribution is -2.34. The molecule has 1 fully saturated rings. The maximum Gasteiger partial charge on any atom is 0.434 e. The predicted octanol–water partition coefficient (Wildman–Crippen LogP) is 6.65. The second-order valence-electron chi connectivity index (χ2n) is 11.4. The Labute approximate surface area is 215 Å². The van der Waals surface area contributed by atoms with Crippen molar-refractivity contribution in [2.75, 3.05) is 11.9 Å². The Bertz CT molecular complexity index is 1070. The number of amides is 1. The van der Waals surface area contributed by atoms with Gasteiger partial charge in [-0.05, 0) is 74.0 Å². The van der Waals surface area contributed by atoms with E-state index in [1.54, 1.807) is 13.0 Å². The van der Waals surface area contributed by atoms with Gasteiger partial charge in [0.25, 0.3) is 0 Å². The number of halogens is 4. The van der Waals surface area contributed by atoms with Crippen LogP contribution in [0.25, 0.3) is 0 Å². The number of alkyl halides is 3. The first-order valence-corrected chi connectivity index (χ1v) is 12.9. The molecule has 1 aliphatic carbocycles. The molecule has 3 rings (SSSR count). The number of hydrogen-bond acceptors (Lipinski definition) is 4. The smallest absolute Gasteiger partial charge is 0.396 e. The molecule has 0 saturated heterocycles. The molecule has 1 aliphatic rings. The van der Waals surface area contributed by atoms with Crippen molar-refractivity contribution in [2.45, 2.75) is 91.3 Å². The van der Waals surface area contributed by atoms with Crippen molar-refractivity contribution in [1.82, 2.24) is 15.0 Å². The summed E-state index contributed by atoms with van der Waals surface area (Å²) >= 11 is 0. The molecule has 0 bridgehead atoms. The van der Waals surface area contributed by atoms with Crippen molar-refractivity contribution in [2.24, 2.45) is 17.3 Å². The van der Waals surface area contributed by atoms with Crippen molar-refractivity contribution in [3.63, 3.8) is 0 Å². The third kappa shape index (κ3) is 7.09. The van der Waals surface area contributed by atoms with Gasteiger partial charge in [0.05, 0.1) is 17.4 Å². The molecule has 1 aromatic heterocycles. The van der Waals surface area contributed by atoms with Crippen molar-refractivity contribution < 1.29 is 27.5 Å². The van der Waals surface area contributed by atoms with Gasteiger partial charge in [-0.2, -0.15) is 13.2 Å². The van der Waals surface area contributed by atoms with Crippen LogP contribution in [0.4, 0.5) is 23.2 Å². The number of aromatic nitrogens is 3. The molecular formula is C27H38F4N4O2. The van der Waals surface area contributed by atoms with Gasteiger partial charge >= 0.3 is 6.18 Å². The topological polar surface area (TPSA) is 80.0 Å². The van der Waals surface area contributed by atoms with E-state index >= 15 is 0 Å². The van der Waals surface area contributed by atoms with Gasteiger partial charge in [-0.3, -0.25) is 4.79 Å². The molecule has 1 heterocycles. The SMILES string of the molecule is Cc1ccc(NC(=O)C[C@H](CCCO)c2nnn([C@H]3C[C@@H](CC(C)(C)C(C)C)C3)c2C(F)(F)F)c(F)c1. The lowest BCUT2D eigenvalue weighted by Gasteiger charge is -2.42. The van der Waals surface area contributed by atoms with E-state index in [0.29, 0.717) is 30.2 Å². The highest BCUT2D eigenvalue weighted by Gasteiger charge is 2.46. The fraction of sp³-hybridized carbons (Fsp3) is 0.667. The normalized spacial score (nSPS) is 19.1. The van der Waals surface area contributed by atoms with Gasteiger partial charge in [-0.15, -0.1) is 5.10 Å². The molecule has 10 heteroatoms. The molecule has 0 unspecified atom stereocenters. The van der Waals surface area contributed by atoms with Gasteiger partial charge in [0.1, 0.15) is 5.82 Å². The number of carbonyl (C=O) groups is 1. The van der Waals surface area contributed by atoms with Crippen LogP contribution in [0.5, 0.6) is 0 Å². The molecular weight excluding hydrogens is 488 g/mol. The van der Waals surface area contributed by atoms with E-state index in [1.807, 2.05) is 0 Å². The fourth-order valence-electron chi connectivity index (χ4n) is 4.98. The minimum absolute atomic E-state index is 0.0407. The number of aryl methyl sites for hydroxylation is 1. The third-order valence-electron chi connectivity index (χ3n) is 7.85. The van der Waals surface area contributed by atoms with E-state index in [4.69, 9.17) is 0 Å². The molecule has 2 N–H and O–H groups in total. The number of hydrogen-bond donors (Lipinski definition) is 2. The monoisotopic (exact) mass is 526 g/mol. The maximum absolute atomic E-state index is 14.3. The fourth-order valence-corrected chi connectivity index (χ4v) is 4.98. The molecule has 1 atom stereocenters. The average Bonchev–Trinajstić information content (AvgIpc) is 3.20. The van der Waals surface area contributed by atoms with Crippen LogP contribution in [0.15, 0.2) is 18.2 Å². The van der Waals surface area contributed by atoms with Crippen molar-refractivity contribution in [3.05, 3.63) is 41.0 Å². The quantitative estimate of drug-likeness (QED) is 0.321. The summed E-state index contributed by atoms with van der Waals surface area (Å²) in [5.41, 5.74) is -0.507. The highest BCUT2D eigenvalue weighted by Crippen LogP contribution is 2.48. The van der Waals surface area contributed by atoms with Gasteiger partial charge < -0.3 is 10.4 Å². The van der Waals surface area contributed by atoms with E-state index in [1.165, 1.54) is 12.1 Å². The van der Waals surface area contributed by atoms with Gasteiger partial charge in [0.15, 0.2) is 5.69 Å². The highest BCUT2D eigenvalue weighted by atomic mass is 19.4. The largest absolute Gasteiger partial charge is 0.434 e. The minimum atomic E-state index is -4.71. The van der Waals surface area contributed by atoms with Crippen molar-refractivity contribution in [3.8, 4) is 0 Å². The summed E-state index contributed by atoms with van der Waals surface area (Å²) in [6.45, 7) is 10.1. The van der Waals surface area contributed by atoms with Crippen LogP contribution in [-0.4, -0.2) is 32.6 Å². The van der Waals surface area contributed by atoms with Crippen molar-refractivity contribution in [1.29, 1.82) is 0 Å².